The number of hydrogen-bond acceptors (Lipinski definition) is 0. The fraction of sp³-hybridized carbons (Fsp3) is 0.818. The van der Waals surface area contributed by atoms with E-state index in [1.54, 1.807) is 0 Å². The maximum atomic E-state index is 3.38. The first-order valence-corrected chi connectivity index (χ1v) is 6.18. The van der Waals surface area contributed by atoms with Crippen LogP contribution in [0.5, 0.6) is 0 Å². The Morgan fingerprint density at radius 1 is 0.923 bits per heavy atom. The summed E-state index contributed by atoms with van der Waals surface area (Å²) in [6.07, 6.45) is 0. The third-order valence-electron chi connectivity index (χ3n) is 1.60. The monoisotopic (exact) mass is 198 g/mol. The molecule has 0 aliphatic rings. The zero-order valence-corrected chi connectivity index (χ0v) is 10.3. The molecule has 13 heavy (non-hydrogen) atoms. The van der Waals surface area contributed by atoms with E-state index >= 15 is 0 Å². The van der Waals surface area contributed by atoms with Crippen molar-refractivity contribution in [2.45, 2.75) is 46.7 Å². The zero-order chi connectivity index (χ0) is 9.99. The molecule has 0 fully saturated rings. The second-order valence-corrected chi connectivity index (χ2v) is 7.90. The van der Waals surface area contributed by atoms with E-state index in [0.29, 0.717) is 5.16 Å². The summed E-state index contributed by atoms with van der Waals surface area (Å²) in [7, 11) is -0.147. The highest BCUT2D eigenvalue weighted by Gasteiger charge is 2.17. The van der Waals surface area contributed by atoms with Crippen molar-refractivity contribution in [2.24, 2.45) is 5.41 Å². The minimum atomic E-state index is -0.147. The van der Waals surface area contributed by atoms with Gasteiger partial charge in [-0.2, -0.15) is 0 Å². The Labute approximate surface area is 87.2 Å². The predicted molar refractivity (Wildman–Crippen MR) is 69.8 cm³/mol. The molecule has 76 valence electrons. The fourth-order valence-electron chi connectivity index (χ4n) is 0.419. The minimum absolute atomic E-state index is 0. The van der Waals surface area contributed by atoms with Crippen LogP contribution in [-0.4, -0.2) is 20.2 Å². The lowest BCUT2D eigenvalue weighted by Gasteiger charge is -2.23. The zero-order valence-electron chi connectivity index (χ0n) is 9.45. The second-order valence-electron chi connectivity index (χ2n) is 5.22. The topological polar surface area (TPSA) is 0 Å². The molecule has 0 radical (unpaired) electrons. The molecule has 1 atom stereocenters. The molecule has 0 saturated carbocycles. The molecule has 0 aromatic rings. The molecule has 0 saturated heterocycles. The molecule has 0 N–H and O–H groups in total. The Morgan fingerprint density at radius 3 is 1.54 bits per heavy atom. The van der Waals surface area contributed by atoms with Gasteiger partial charge in [0.2, 0.25) is 0 Å². The van der Waals surface area contributed by atoms with E-state index in [1.807, 2.05) is 0 Å². The average molecular weight is 198 g/mol. The van der Waals surface area contributed by atoms with Gasteiger partial charge in [0, 0.05) is 5.41 Å². The minimum Gasteiger partial charge on any atom is -0.0927 e. The Bertz CT molecular complexity index is 197. The number of rotatable bonds is 0. The molecule has 2 heteroatoms. The molecule has 0 rings (SSSR count). The standard InChI is InChI=1S/C11H21P.BH3/c1-10(2,3)8-9-12(7)11(4,5)6;/h1-7H3;1H3/t12-;/m0./s1. The van der Waals surface area contributed by atoms with Crippen LogP contribution >= 0.6 is 7.92 Å². The van der Waals surface area contributed by atoms with Crippen molar-refractivity contribution in [1.82, 2.24) is 0 Å². The van der Waals surface area contributed by atoms with Crippen molar-refractivity contribution in [3.05, 3.63) is 0 Å². The molecular formula is C11H24BP. The molecule has 0 aromatic carbocycles. The highest BCUT2D eigenvalue weighted by Crippen LogP contribution is 2.44. The fourth-order valence-corrected chi connectivity index (χ4v) is 1.26. The summed E-state index contributed by atoms with van der Waals surface area (Å²) in [6, 6.07) is 0. The van der Waals surface area contributed by atoms with Gasteiger partial charge in [0.25, 0.3) is 0 Å². The lowest BCUT2D eigenvalue weighted by Crippen LogP contribution is -2.09. The summed E-state index contributed by atoms with van der Waals surface area (Å²) in [5.74, 6) is 3.31. The van der Waals surface area contributed by atoms with E-state index in [9.17, 15) is 0 Å². The molecule has 0 bridgehead atoms. The second kappa shape index (κ2) is 5.06. The third kappa shape index (κ3) is 8.39. The van der Waals surface area contributed by atoms with Gasteiger partial charge in [-0.3, -0.25) is 0 Å². The third-order valence-corrected chi connectivity index (χ3v) is 4.06. The Hall–Kier alpha value is 0.0549. The summed E-state index contributed by atoms with van der Waals surface area (Å²) in [4.78, 5) is 0. The highest BCUT2D eigenvalue weighted by atomic mass is 31.1. The van der Waals surface area contributed by atoms with E-state index in [-0.39, 0.29) is 21.7 Å². The highest BCUT2D eigenvalue weighted by molar-refractivity contribution is 7.63. The Morgan fingerprint density at radius 2 is 1.31 bits per heavy atom. The van der Waals surface area contributed by atoms with Gasteiger partial charge in [-0.15, -0.1) is 0 Å². The molecular weight excluding hydrogens is 174 g/mol. The van der Waals surface area contributed by atoms with Crippen LogP contribution in [0.3, 0.4) is 0 Å². The van der Waals surface area contributed by atoms with Gasteiger partial charge in [-0.1, -0.05) is 32.4 Å². The van der Waals surface area contributed by atoms with Crippen LogP contribution in [0.4, 0.5) is 0 Å². The van der Waals surface area contributed by atoms with Crippen LogP contribution in [0.25, 0.3) is 0 Å². The first-order valence-electron chi connectivity index (χ1n) is 4.39. The van der Waals surface area contributed by atoms with Gasteiger partial charge in [0.05, 0.1) is 8.41 Å². The van der Waals surface area contributed by atoms with E-state index in [4.69, 9.17) is 0 Å². The van der Waals surface area contributed by atoms with Crippen LogP contribution in [0.2, 0.25) is 0 Å². The maximum Gasteiger partial charge on any atom is 0.0814 e. The van der Waals surface area contributed by atoms with Crippen molar-refractivity contribution in [2.75, 3.05) is 6.66 Å². The molecule has 0 aromatic heterocycles. The Kier molecular flexibility index (Phi) is 6.05. The summed E-state index contributed by atoms with van der Waals surface area (Å²) in [5.41, 5.74) is 3.53. The largest absolute Gasteiger partial charge is 0.0927 e. The quantitative estimate of drug-likeness (QED) is 0.319. The lowest BCUT2D eigenvalue weighted by atomic mass is 9.99. The van der Waals surface area contributed by atoms with Crippen LogP contribution in [0.1, 0.15) is 41.5 Å². The molecule has 0 aliphatic carbocycles. The first-order chi connectivity index (χ1) is 5.13. The van der Waals surface area contributed by atoms with E-state index < -0.39 is 0 Å². The number of hydrogen-bond donors (Lipinski definition) is 0. The van der Waals surface area contributed by atoms with Crippen molar-refractivity contribution in [3.63, 3.8) is 0 Å². The smallest absolute Gasteiger partial charge is 0.0814 e. The van der Waals surface area contributed by atoms with E-state index in [1.165, 1.54) is 0 Å². The molecule has 0 amide bonds. The van der Waals surface area contributed by atoms with Crippen molar-refractivity contribution >= 4 is 16.3 Å². The van der Waals surface area contributed by atoms with Crippen molar-refractivity contribution in [1.29, 1.82) is 0 Å². The van der Waals surface area contributed by atoms with Gasteiger partial charge in [-0.25, -0.2) is 0 Å². The van der Waals surface area contributed by atoms with Crippen LogP contribution in [0, 0.1) is 17.0 Å². The molecule has 0 unspecified atom stereocenters. The van der Waals surface area contributed by atoms with Gasteiger partial charge in [-0.05, 0) is 40.5 Å². The normalized spacial score (nSPS) is 13.8. The first kappa shape index (κ1) is 15.5. The van der Waals surface area contributed by atoms with Gasteiger partial charge >= 0.3 is 0 Å². The van der Waals surface area contributed by atoms with Gasteiger partial charge < -0.3 is 0 Å². The summed E-state index contributed by atoms with van der Waals surface area (Å²) in [5, 5.41) is 0.369. The van der Waals surface area contributed by atoms with Crippen LogP contribution < -0.4 is 0 Å². The van der Waals surface area contributed by atoms with E-state index in [0.717, 1.165) is 0 Å². The molecule has 0 nitrogen and oxygen atoms in total. The SMILES string of the molecule is B.C[P@@](C#CC(C)(C)C)C(C)(C)C. The lowest BCUT2D eigenvalue weighted by molar-refractivity contribution is 0.571. The van der Waals surface area contributed by atoms with E-state index in [2.05, 4.69) is 59.8 Å². The Balaban J connectivity index is 0. The molecule has 0 heterocycles. The van der Waals surface area contributed by atoms with Gasteiger partial charge in [0.1, 0.15) is 0 Å². The maximum absolute atomic E-state index is 3.38. The van der Waals surface area contributed by atoms with Crippen LogP contribution in [0.15, 0.2) is 0 Å². The molecule has 0 spiro atoms. The van der Waals surface area contributed by atoms with Crippen molar-refractivity contribution in [3.8, 4) is 11.6 Å². The van der Waals surface area contributed by atoms with Crippen LogP contribution in [-0.2, 0) is 0 Å². The molecule has 0 aliphatic heterocycles. The average Bonchev–Trinajstić information content (AvgIpc) is 1.78. The summed E-state index contributed by atoms with van der Waals surface area (Å²) >= 11 is 0. The van der Waals surface area contributed by atoms with Crippen molar-refractivity contribution < 1.29 is 0 Å². The van der Waals surface area contributed by atoms with Gasteiger partial charge in [0.15, 0.2) is 0 Å². The summed E-state index contributed by atoms with van der Waals surface area (Å²) < 4.78 is 0. The predicted octanol–water partition coefficient (Wildman–Crippen LogP) is 2.72. The summed E-state index contributed by atoms with van der Waals surface area (Å²) in [6.45, 7) is 15.5.